The fourth-order valence-corrected chi connectivity index (χ4v) is 14.4. The number of esters is 2. The normalized spacial score (nSPS) is 13.2. The van der Waals surface area contributed by atoms with Crippen molar-refractivity contribution in [3.05, 3.63) is 60.8 Å². The Morgan fingerprint density at radius 1 is 0.304 bits per heavy atom. The van der Waals surface area contributed by atoms with Crippen molar-refractivity contribution in [3.8, 4) is 0 Å². The smallest absolute Gasteiger partial charge is 0.462 e. The molecule has 600 valence electrons. The highest BCUT2D eigenvalue weighted by molar-refractivity contribution is 7.47. The standard InChI is InChI=1S/C92H174NO8P/c1-6-8-10-12-14-16-18-20-22-24-26-28-30-32-34-36-38-40-42-44-46-48-50-52-54-56-58-60-62-64-66-68-70-72-74-76-78-80-82-84-91(94)98-88-90(89-100-102(96,97)99-87-86-93(3,4)5)101-92(95)85-83-81-79-77-75-73-71-69-67-65-63-61-59-57-55-53-51-49-47-45-43-41-39-37-35-33-31-29-27-25-23-21-19-17-15-13-11-9-7-2/h18-21,24-27,31,33,90H,6-17,22-23,28-30,32,34-89H2,1-5H3/p+1/b20-18-,21-19-,26-24-,27-25-,33-31-. The van der Waals surface area contributed by atoms with Gasteiger partial charge in [-0.05, 0) is 83.5 Å². The summed E-state index contributed by atoms with van der Waals surface area (Å²) in [6.45, 7) is 4.49. The fraction of sp³-hybridized carbons (Fsp3) is 0.870. The van der Waals surface area contributed by atoms with Crippen molar-refractivity contribution >= 4 is 19.8 Å². The number of phosphoric ester groups is 1. The number of likely N-dealkylation sites (N-methyl/N-ethyl adjacent to an activating group) is 1. The molecule has 0 heterocycles. The molecule has 0 bridgehead atoms. The summed E-state index contributed by atoms with van der Waals surface area (Å²) in [5.41, 5.74) is 0. The topological polar surface area (TPSA) is 108 Å². The van der Waals surface area contributed by atoms with Crippen LogP contribution in [0.3, 0.4) is 0 Å². The molecule has 9 nitrogen and oxygen atoms in total. The van der Waals surface area contributed by atoms with Gasteiger partial charge in [-0.15, -0.1) is 0 Å². The third-order valence-electron chi connectivity index (χ3n) is 20.5. The first-order valence-corrected chi connectivity index (χ1v) is 46.5. The second-order valence-electron chi connectivity index (χ2n) is 32.0. The van der Waals surface area contributed by atoms with Crippen LogP contribution in [0.1, 0.15) is 463 Å². The molecular formula is C92H175NO8P+. The Kier molecular flexibility index (Phi) is 80.9. The van der Waals surface area contributed by atoms with E-state index in [1.165, 1.54) is 379 Å². The van der Waals surface area contributed by atoms with Crippen LogP contribution in [0.15, 0.2) is 60.8 Å². The summed E-state index contributed by atoms with van der Waals surface area (Å²) in [5.74, 6) is -0.770. The zero-order valence-corrected chi connectivity index (χ0v) is 69.8. The minimum Gasteiger partial charge on any atom is -0.462 e. The lowest BCUT2D eigenvalue weighted by Gasteiger charge is -2.24. The van der Waals surface area contributed by atoms with Gasteiger partial charge >= 0.3 is 19.8 Å². The molecule has 1 N–H and O–H groups in total. The van der Waals surface area contributed by atoms with Gasteiger partial charge in [-0.1, -0.05) is 428 Å². The maximum absolute atomic E-state index is 12.9. The lowest BCUT2D eigenvalue weighted by molar-refractivity contribution is -0.870. The first kappa shape index (κ1) is 99.7. The first-order valence-electron chi connectivity index (χ1n) is 45.0. The molecule has 0 amide bonds. The largest absolute Gasteiger partial charge is 0.472 e. The van der Waals surface area contributed by atoms with E-state index in [9.17, 15) is 19.0 Å². The van der Waals surface area contributed by atoms with E-state index in [1.54, 1.807) is 0 Å². The van der Waals surface area contributed by atoms with Gasteiger partial charge < -0.3 is 18.9 Å². The SMILES string of the molecule is CCCCCCC/C=C\C/C=C\C/C=C\CCCCCCCCCCCCCCCCCCCCCCCCCCC(=O)OC(COC(=O)CCCCCCCCCCCCCCCCCCCCCCCCCCCCC/C=C\C/C=C\CCCCCCC)COP(=O)(O)OCC[N+](C)(C)C. The van der Waals surface area contributed by atoms with Gasteiger partial charge in [0.25, 0.3) is 0 Å². The van der Waals surface area contributed by atoms with Crippen LogP contribution >= 0.6 is 7.82 Å². The van der Waals surface area contributed by atoms with Crippen molar-refractivity contribution in [2.75, 3.05) is 47.5 Å². The van der Waals surface area contributed by atoms with Crippen LogP contribution < -0.4 is 0 Å². The first-order chi connectivity index (χ1) is 50.0. The number of quaternary nitrogens is 1. The highest BCUT2D eigenvalue weighted by atomic mass is 31.2. The van der Waals surface area contributed by atoms with Crippen LogP contribution in [0.2, 0.25) is 0 Å². The van der Waals surface area contributed by atoms with Crippen LogP contribution in [0.5, 0.6) is 0 Å². The van der Waals surface area contributed by atoms with Gasteiger partial charge in [0, 0.05) is 12.8 Å². The van der Waals surface area contributed by atoms with E-state index in [4.69, 9.17) is 18.5 Å². The van der Waals surface area contributed by atoms with E-state index in [0.717, 1.165) is 51.4 Å². The minimum atomic E-state index is -4.40. The Morgan fingerprint density at radius 3 is 0.784 bits per heavy atom. The highest BCUT2D eigenvalue weighted by Gasteiger charge is 2.27. The lowest BCUT2D eigenvalue weighted by Crippen LogP contribution is -2.37. The average Bonchev–Trinajstić information content (AvgIpc) is 0.914. The molecule has 2 unspecified atom stereocenters. The molecule has 0 aromatic carbocycles. The van der Waals surface area contributed by atoms with E-state index >= 15 is 0 Å². The molecule has 0 saturated carbocycles. The van der Waals surface area contributed by atoms with E-state index in [1.807, 2.05) is 21.1 Å². The number of nitrogens with zero attached hydrogens (tertiary/aromatic N) is 1. The number of carbonyl (C=O) groups is 2. The molecule has 102 heavy (non-hydrogen) atoms. The summed E-state index contributed by atoms with van der Waals surface area (Å²) in [5, 5.41) is 0. The Morgan fingerprint density at radius 2 is 0.529 bits per heavy atom. The molecule has 2 atom stereocenters. The van der Waals surface area contributed by atoms with Crippen molar-refractivity contribution < 1.29 is 42.1 Å². The van der Waals surface area contributed by atoms with E-state index in [0.29, 0.717) is 23.9 Å². The number of carbonyl (C=O) groups excluding carboxylic acids is 2. The number of ether oxygens (including phenoxy) is 2. The Labute approximate surface area is 636 Å². The predicted molar refractivity (Wildman–Crippen MR) is 446 cm³/mol. The highest BCUT2D eigenvalue weighted by Crippen LogP contribution is 2.43. The number of unbranched alkanes of at least 4 members (excludes halogenated alkanes) is 61. The lowest BCUT2D eigenvalue weighted by atomic mass is 10.0. The van der Waals surface area contributed by atoms with Crippen LogP contribution in [0, 0.1) is 0 Å². The van der Waals surface area contributed by atoms with Crippen LogP contribution in [0.4, 0.5) is 0 Å². The second kappa shape index (κ2) is 82.8. The zero-order valence-electron chi connectivity index (χ0n) is 68.9. The molecule has 0 radical (unpaired) electrons. The molecule has 10 heteroatoms. The summed E-state index contributed by atoms with van der Waals surface area (Å²) in [6, 6.07) is 0. The van der Waals surface area contributed by atoms with Crippen molar-refractivity contribution in [1.82, 2.24) is 0 Å². The molecular weight excluding hydrogens is 1280 g/mol. The van der Waals surface area contributed by atoms with E-state index < -0.39 is 26.5 Å². The van der Waals surface area contributed by atoms with Crippen molar-refractivity contribution in [2.24, 2.45) is 0 Å². The summed E-state index contributed by atoms with van der Waals surface area (Å²) in [4.78, 5) is 36.1. The third-order valence-corrected chi connectivity index (χ3v) is 21.5. The second-order valence-corrected chi connectivity index (χ2v) is 33.4. The van der Waals surface area contributed by atoms with Gasteiger partial charge in [0.2, 0.25) is 0 Å². The Balaban J connectivity index is 3.85. The van der Waals surface area contributed by atoms with Gasteiger partial charge in [-0.3, -0.25) is 18.6 Å². The van der Waals surface area contributed by atoms with Gasteiger partial charge in [0.1, 0.15) is 19.8 Å². The quantitative estimate of drug-likeness (QED) is 0.0211. The van der Waals surface area contributed by atoms with Gasteiger partial charge in [-0.25, -0.2) is 4.57 Å². The Bertz CT molecular complexity index is 1910. The molecule has 0 spiro atoms. The number of rotatable bonds is 85. The molecule has 0 aromatic heterocycles. The summed E-state index contributed by atoms with van der Waals surface area (Å²) < 4.78 is 34.9. The van der Waals surface area contributed by atoms with Crippen molar-refractivity contribution in [1.29, 1.82) is 0 Å². The van der Waals surface area contributed by atoms with Crippen LogP contribution in [0.25, 0.3) is 0 Å². The molecule has 0 aromatic rings. The number of hydrogen-bond donors (Lipinski definition) is 1. The molecule has 0 saturated heterocycles. The van der Waals surface area contributed by atoms with Gasteiger partial charge in [0.05, 0.1) is 27.7 Å². The van der Waals surface area contributed by atoms with Crippen LogP contribution in [-0.4, -0.2) is 74.9 Å². The third kappa shape index (κ3) is 86.6. The molecule has 0 aliphatic heterocycles. The molecule has 0 aliphatic rings. The number of phosphoric acid groups is 1. The average molecular weight is 1450 g/mol. The Hall–Kier alpha value is -2.29. The van der Waals surface area contributed by atoms with E-state index in [2.05, 4.69) is 74.6 Å². The minimum absolute atomic E-state index is 0.0348. The maximum Gasteiger partial charge on any atom is 0.472 e. The van der Waals surface area contributed by atoms with Gasteiger partial charge in [-0.2, -0.15) is 0 Å². The predicted octanol–water partition coefficient (Wildman–Crippen LogP) is 30.4. The van der Waals surface area contributed by atoms with Crippen molar-refractivity contribution in [2.45, 2.75) is 469 Å². The monoisotopic (exact) mass is 1450 g/mol. The summed E-state index contributed by atoms with van der Waals surface area (Å²) in [7, 11) is 1.50. The number of allylic oxidation sites excluding steroid dienone is 10. The van der Waals surface area contributed by atoms with Crippen molar-refractivity contribution in [3.63, 3.8) is 0 Å². The number of hydrogen-bond acceptors (Lipinski definition) is 7. The maximum atomic E-state index is 12.9. The van der Waals surface area contributed by atoms with Crippen LogP contribution in [-0.2, 0) is 32.7 Å². The summed E-state index contributed by atoms with van der Waals surface area (Å²) >= 11 is 0. The van der Waals surface area contributed by atoms with E-state index in [-0.39, 0.29) is 25.6 Å². The summed E-state index contributed by atoms with van der Waals surface area (Å²) in [6.07, 6.45) is 113. The van der Waals surface area contributed by atoms with Gasteiger partial charge in [0.15, 0.2) is 6.10 Å². The zero-order chi connectivity index (χ0) is 74.0. The molecule has 0 fully saturated rings. The molecule has 0 aliphatic carbocycles. The fourth-order valence-electron chi connectivity index (χ4n) is 13.7. The molecule has 0 rings (SSSR count).